The second-order valence-corrected chi connectivity index (χ2v) is 3.00. The van der Waals surface area contributed by atoms with Crippen LogP contribution in [0.25, 0.3) is 0 Å². The molecule has 2 N–H and O–H groups in total. The molecule has 0 heterocycles. The van der Waals surface area contributed by atoms with Crippen molar-refractivity contribution < 1.29 is 24.6 Å². The average molecular weight is 202 g/mol. The van der Waals surface area contributed by atoms with E-state index in [9.17, 15) is 14.4 Å². The molecule has 2 atom stereocenters. The molecule has 0 aromatic carbocycles. The largest absolute Gasteiger partial charge is 0.481 e. The van der Waals surface area contributed by atoms with Gasteiger partial charge in [0.05, 0.1) is 0 Å². The zero-order valence-corrected chi connectivity index (χ0v) is 8.19. The van der Waals surface area contributed by atoms with E-state index in [2.05, 4.69) is 0 Å². The van der Waals surface area contributed by atoms with E-state index in [1.807, 2.05) is 0 Å². The summed E-state index contributed by atoms with van der Waals surface area (Å²) in [6, 6.07) is 0. The van der Waals surface area contributed by atoms with Gasteiger partial charge in [-0.3, -0.25) is 14.4 Å². The summed E-state index contributed by atoms with van der Waals surface area (Å²) < 4.78 is 0. The first-order chi connectivity index (χ1) is 6.45. The third-order valence-electron chi connectivity index (χ3n) is 2.10. The number of hydrogen-bond donors (Lipinski definition) is 2. The molecule has 0 bridgehead atoms. The molecule has 0 aromatic rings. The molecule has 0 aromatic heterocycles. The van der Waals surface area contributed by atoms with E-state index in [1.165, 1.54) is 0 Å². The molecule has 0 amide bonds. The summed E-state index contributed by atoms with van der Waals surface area (Å²) in [6.45, 7) is 3.09. The van der Waals surface area contributed by atoms with Crippen LogP contribution < -0.4 is 0 Å². The molecule has 0 saturated heterocycles. The smallest absolute Gasteiger partial charge is 0.314 e. The molecule has 0 aliphatic carbocycles. The fourth-order valence-corrected chi connectivity index (χ4v) is 1.24. The van der Waals surface area contributed by atoms with Crippen molar-refractivity contribution in [2.24, 2.45) is 11.8 Å². The average Bonchev–Trinajstić information content (AvgIpc) is 2.04. The van der Waals surface area contributed by atoms with Gasteiger partial charge in [-0.2, -0.15) is 0 Å². The minimum atomic E-state index is -1.25. The van der Waals surface area contributed by atoms with Gasteiger partial charge in [0, 0.05) is 0 Å². The van der Waals surface area contributed by atoms with Gasteiger partial charge in [0.15, 0.2) is 5.78 Å². The number of ketones is 1. The van der Waals surface area contributed by atoms with Crippen LogP contribution >= 0.6 is 0 Å². The molecule has 5 nitrogen and oxygen atoms in total. The van der Waals surface area contributed by atoms with Crippen molar-refractivity contribution in [3.63, 3.8) is 0 Å². The van der Waals surface area contributed by atoms with E-state index >= 15 is 0 Å². The van der Waals surface area contributed by atoms with E-state index in [0.717, 1.165) is 0 Å². The third-order valence-corrected chi connectivity index (χ3v) is 2.10. The Balaban J connectivity index is 4.71. The Hall–Kier alpha value is -1.39. The van der Waals surface area contributed by atoms with Crippen LogP contribution in [0.3, 0.4) is 0 Å². The lowest BCUT2D eigenvalue weighted by Crippen LogP contribution is -2.33. The maximum absolute atomic E-state index is 11.4. The Bertz CT molecular complexity index is 222. The molecule has 5 heteroatoms. The number of rotatable bonds is 6. The Labute approximate surface area is 81.7 Å². The van der Waals surface area contributed by atoms with Gasteiger partial charge in [0.2, 0.25) is 0 Å². The first-order valence-corrected chi connectivity index (χ1v) is 4.44. The zero-order valence-electron chi connectivity index (χ0n) is 8.19. The molecule has 14 heavy (non-hydrogen) atoms. The monoisotopic (exact) mass is 202 g/mol. The van der Waals surface area contributed by atoms with Crippen molar-refractivity contribution in [1.29, 1.82) is 0 Å². The molecule has 0 aliphatic heterocycles. The second kappa shape index (κ2) is 5.36. The van der Waals surface area contributed by atoms with Crippen LogP contribution in [0.4, 0.5) is 0 Å². The SMILES string of the molecule is CCC(C(=O)O)C(=O)C(CC)C(=O)O. The van der Waals surface area contributed by atoms with E-state index in [0.29, 0.717) is 0 Å². The van der Waals surface area contributed by atoms with Gasteiger partial charge in [0.1, 0.15) is 11.8 Å². The Kier molecular flexibility index (Phi) is 4.83. The molecule has 2 unspecified atom stereocenters. The van der Waals surface area contributed by atoms with Crippen molar-refractivity contribution >= 4 is 17.7 Å². The highest BCUT2D eigenvalue weighted by Gasteiger charge is 2.33. The lowest BCUT2D eigenvalue weighted by atomic mass is 9.89. The molecule has 0 rings (SSSR count). The Morgan fingerprint density at radius 3 is 1.36 bits per heavy atom. The molecule has 0 aliphatic rings. The molecule has 0 fully saturated rings. The number of Topliss-reactive ketones (excluding diaryl/α,β-unsaturated/α-hetero) is 1. The first kappa shape index (κ1) is 12.6. The fraction of sp³-hybridized carbons (Fsp3) is 0.667. The van der Waals surface area contributed by atoms with Crippen molar-refractivity contribution in [3.05, 3.63) is 0 Å². The van der Waals surface area contributed by atoms with Gasteiger partial charge in [-0.05, 0) is 12.8 Å². The van der Waals surface area contributed by atoms with Crippen LogP contribution in [0.2, 0.25) is 0 Å². The van der Waals surface area contributed by atoms with Crippen LogP contribution in [0, 0.1) is 11.8 Å². The molecule has 80 valence electrons. The molecule has 0 saturated carbocycles. The Morgan fingerprint density at radius 2 is 1.21 bits per heavy atom. The predicted molar refractivity (Wildman–Crippen MR) is 47.8 cm³/mol. The summed E-state index contributed by atoms with van der Waals surface area (Å²) in [6.07, 6.45) is 0.246. The fourth-order valence-electron chi connectivity index (χ4n) is 1.24. The van der Waals surface area contributed by atoms with Crippen molar-refractivity contribution in [1.82, 2.24) is 0 Å². The number of carboxylic acids is 2. The van der Waals surface area contributed by atoms with E-state index in [4.69, 9.17) is 10.2 Å². The highest BCUT2D eigenvalue weighted by molar-refractivity contribution is 6.07. The van der Waals surface area contributed by atoms with Crippen molar-refractivity contribution in [3.8, 4) is 0 Å². The van der Waals surface area contributed by atoms with Gasteiger partial charge < -0.3 is 10.2 Å². The van der Waals surface area contributed by atoms with Crippen LogP contribution in [0.1, 0.15) is 26.7 Å². The molecular formula is C9H14O5. The number of aliphatic carboxylic acids is 2. The lowest BCUT2D eigenvalue weighted by Gasteiger charge is -2.13. The quantitative estimate of drug-likeness (QED) is 0.621. The number of hydrogen-bond acceptors (Lipinski definition) is 3. The Morgan fingerprint density at radius 1 is 0.929 bits per heavy atom. The highest BCUT2D eigenvalue weighted by atomic mass is 16.4. The minimum Gasteiger partial charge on any atom is -0.481 e. The van der Waals surface area contributed by atoms with Crippen molar-refractivity contribution in [2.45, 2.75) is 26.7 Å². The van der Waals surface area contributed by atoms with E-state index in [1.54, 1.807) is 13.8 Å². The minimum absolute atomic E-state index is 0.123. The first-order valence-electron chi connectivity index (χ1n) is 4.44. The van der Waals surface area contributed by atoms with Gasteiger partial charge in [0.25, 0.3) is 0 Å². The molecule has 0 spiro atoms. The number of carbonyl (C=O) groups excluding carboxylic acids is 1. The van der Waals surface area contributed by atoms with Gasteiger partial charge in [-0.25, -0.2) is 0 Å². The lowest BCUT2D eigenvalue weighted by molar-refractivity contribution is -0.152. The predicted octanol–water partition coefficient (Wildman–Crippen LogP) is 0.777. The number of carbonyl (C=O) groups is 3. The van der Waals surface area contributed by atoms with Gasteiger partial charge in [-0.1, -0.05) is 13.8 Å². The summed E-state index contributed by atoms with van der Waals surface area (Å²) in [7, 11) is 0. The normalized spacial score (nSPS) is 14.4. The maximum atomic E-state index is 11.4. The number of carboxylic acid groups (broad SMARTS) is 2. The summed E-state index contributed by atoms with van der Waals surface area (Å²) in [5.74, 6) is -5.61. The van der Waals surface area contributed by atoms with Crippen LogP contribution in [-0.2, 0) is 14.4 Å². The molecule has 0 radical (unpaired) electrons. The summed E-state index contributed by atoms with van der Waals surface area (Å²) >= 11 is 0. The van der Waals surface area contributed by atoms with Crippen LogP contribution in [-0.4, -0.2) is 27.9 Å². The van der Waals surface area contributed by atoms with Gasteiger partial charge >= 0.3 is 11.9 Å². The summed E-state index contributed by atoms with van der Waals surface area (Å²) in [5, 5.41) is 17.3. The summed E-state index contributed by atoms with van der Waals surface area (Å²) in [5.41, 5.74) is 0. The van der Waals surface area contributed by atoms with Crippen LogP contribution in [0.5, 0.6) is 0 Å². The van der Waals surface area contributed by atoms with Gasteiger partial charge in [-0.15, -0.1) is 0 Å². The zero-order chi connectivity index (χ0) is 11.3. The maximum Gasteiger partial charge on any atom is 0.314 e. The standard InChI is InChI=1S/C9H14O5/c1-3-5(8(11)12)7(10)6(4-2)9(13)14/h5-6H,3-4H2,1-2H3,(H,11,12)(H,13,14). The highest BCUT2D eigenvalue weighted by Crippen LogP contribution is 2.15. The van der Waals surface area contributed by atoms with Crippen molar-refractivity contribution in [2.75, 3.05) is 0 Å². The summed E-state index contributed by atoms with van der Waals surface area (Å²) in [4.78, 5) is 32.6. The topological polar surface area (TPSA) is 91.7 Å². The molecular weight excluding hydrogens is 188 g/mol. The van der Waals surface area contributed by atoms with E-state index in [-0.39, 0.29) is 12.8 Å². The van der Waals surface area contributed by atoms with Crippen LogP contribution in [0.15, 0.2) is 0 Å². The van der Waals surface area contributed by atoms with E-state index < -0.39 is 29.6 Å². The second-order valence-electron chi connectivity index (χ2n) is 3.00. The third kappa shape index (κ3) is 2.83.